The first-order valence-electron chi connectivity index (χ1n) is 11.7. The molecule has 0 bridgehead atoms. The van der Waals surface area contributed by atoms with Gasteiger partial charge in [-0.2, -0.15) is 0 Å². The highest BCUT2D eigenvalue weighted by Gasteiger charge is 2.45. The number of esters is 2. The van der Waals surface area contributed by atoms with Crippen LogP contribution in [0.5, 0.6) is 0 Å². The molecule has 1 unspecified atom stereocenters. The molecule has 3 aromatic rings. The first-order valence-corrected chi connectivity index (χ1v) is 12.6. The summed E-state index contributed by atoms with van der Waals surface area (Å²) in [5, 5.41) is 13.6. The van der Waals surface area contributed by atoms with Gasteiger partial charge in [0.2, 0.25) is 0 Å². The lowest BCUT2D eigenvalue weighted by Crippen LogP contribution is -2.33. The Kier molecular flexibility index (Phi) is 6.62. The van der Waals surface area contributed by atoms with E-state index in [1.54, 1.807) is 41.4 Å². The van der Waals surface area contributed by atoms with Gasteiger partial charge in [0.05, 0.1) is 41.3 Å². The number of nitrogens with zero attached hydrogens (tertiary/aromatic N) is 2. The maximum atomic E-state index is 13.2. The predicted molar refractivity (Wildman–Crippen MR) is 138 cm³/mol. The highest BCUT2D eigenvalue weighted by molar-refractivity contribution is 7.10. The van der Waals surface area contributed by atoms with Gasteiger partial charge in [-0.05, 0) is 29.5 Å². The monoisotopic (exact) mass is 516 g/mol. The summed E-state index contributed by atoms with van der Waals surface area (Å²) >= 11 is 1.57. The van der Waals surface area contributed by atoms with Crippen molar-refractivity contribution in [1.29, 1.82) is 0 Å². The van der Waals surface area contributed by atoms with Gasteiger partial charge in [0, 0.05) is 28.6 Å². The average molecular weight is 517 g/mol. The quantitative estimate of drug-likeness (QED) is 0.245. The third kappa shape index (κ3) is 4.42. The van der Waals surface area contributed by atoms with Gasteiger partial charge in [0.25, 0.3) is 5.69 Å². The number of carbonyl (C=O) groups is 2. The van der Waals surface area contributed by atoms with E-state index >= 15 is 0 Å². The van der Waals surface area contributed by atoms with Crippen LogP contribution in [0.25, 0.3) is 0 Å². The summed E-state index contributed by atoms with van der Waals surface area (Å²) in [5.41, 5.74) is 4.27. The minimum Gasteiger partial charge on any atom is -0.466 e. The van der Waals surface area contributed by atoms with E-state index in [0.717, 1.165) is 16.0 Å². The SMILES string of the molecule is COC(=O)C1=C(C)N(Cc2ccccc2[N+](=O)[O-])C2=C(C(=O)OC2)C1c1ccsc1Cc1ccccc1. The number of cyclic esters (lactones) is 1. The number of nitro benzene ring substituents is 1. The molecule has 0 saturated heterocycles. The highest BCUT2D eigenvalue weighted by Crippen LogP contribution is 2.47. The normalized spacial score (nSPS) is 17.1. The molecule has 5 rings (SSSR count). The number of thiophene rings is 1. The minimum atomic E-state index is -0.663. The van der Waals surface area contributed by atoms with Gasteiger partial charge in [-0.25, -0.2) is 9.59 Å². The Morgan fingerprint density at radius 1 is 1.16 bits per heavy atom. The molecule has 8 nitrogen and oxygen atoms in total. The maximum Gasteiger partial charge on any atom is 0.337 e. The fourth-order valence-electron chi connectivity index (χ4n) is 5.04. The van der Waals surface area contributed by atoms with Crippen LogP contribution in [-0.2, 0) is 32.0 Å². The molecule has 1 aromatic heterocycles. The molecule has 37 heavy (non-hydrogen) atoms. The van der Waals surface area contributed by atoms with Gasteiger partial charge in [-0.1, -0.05) is 48.5 Å². The largest absolute Gasteiger partial charge is 0.466 e. The van der Waals surface area contributed by atoms with Crippen molar-refractivity contribution in [3.8, 4) is 0 Å². The number of nitro groups is 1. The Hall–Kier alpha value is -4.24. The number of ether oxygens (including phenoxy) is 2. The smallest absolute Gasteiger partial charge is 0.337 e. The zero-order chi connectivity index (χ0) is 26.1. The second-order valence-electron chi connectivity index (χ2n) is 8.79. The zero-order valence-electron chi connectivity index (χ0n) is 20.3. The van der Waals surface area contributed by atoms with Crippen molar-refractivity contribution < 1.29 is 24.0 Å². The number of para-hydroxylation sites is 1. The van der Waals surface area contributed by atoms with E-state index < -0.39 is 22.8 Å². The van der Waals surface area contributed by atoms with Crippen LogP contribution in [0.15, 0.2) is 88.6 Å². The Balaban J connectivity index is 1.64. The molecule has 0 saturated carbocycles. The summed E-state index contributed by atoms with van der Waals surface area (Å²) in [7, 11) is 1.31. The highest BCUT2D eigenvalue weighted by atomic mass is 32.1. The fraction of sp³-hybridized carbons (Fsp3) is 0.214. The van der Waals surface area contributed by atoms with Crippen molar-refractivity contribution in [3.05, 3.63) is 120 Å². The first kappa shape index (κ1) is 24.5. The van der Waals surface area contributed by atoms with Crippen LogP contribution in [0.1, 0.15) is 34.4 Å². The number of rotatable bonds is 7. The Bertz CT molecular complexity index is 1460. The number of allylic oxidation sites excluding steroid dienone is 1. The summed E-state index contributed by atoms with van der Waals surface area (Å²) in [6.07, 6.45) is 0.648. The third-order valence-electron chi connectivity index (χ3n) is 6.79. The molecular formula is C28H24N2O6S. The van der Waals surface area contributed by atoms with Crippen LogP contribution in [0, 0.1) is 10.1 Å². The van der Waals surface area contributed by atoms with Crippen molar-refractivity contribution in [1.82, 2.24) is 4.90 Å². The van der Waals surface area contributed by atoms with E-state index in [1.165, 1.54) is 13.2 Å². The van der Waals surface area contributed by atoms with E-state index in [1.807, 2.05) is 41.8 Å². The number of methoxy groups -OCH3 is 1. The molecule has 0 aliphatic carbocycles. The fourth-order valence-corrected chi connectivity index (χ4v) is 5.99. The number of benzene rings is 2. The third-order valence-corrected chi connectivity index (χ3v) is 7.73. The van der Waals surface area contributed by atoms with E-state index in [4.69, 9.17) is 9.47 Å². The summed E-state index contributed by atoms with van der Waals surface area (Å²) in [5.74, 6) is -1.72. The molecular weight excluding hydrogens is 492 g/mol. The topological polar surface area (TPSA) is 99.0 Å². The molecule has 2 aromatic carbocycles. The molecule has 0 N–H and O–H groups in total. The number of hydrogen-bond donors (Lipinski definition) is 0. The van der Waals surface area contributed by atoms with Crippen molar-refractivity contribution in [2.45, 2.75) is 25.8 Å². The van der Waals surface area contributed by atoms with Crippen molar-refractivity contribution in [2.75, 3.05) is 13.7 Å². The molecule has 9 heteroatoms. The van der Waals surface area contributed by atoms with Gasteiger partial charge in [-0.3, -0.25) is 10.1 Å². The van der Waals surface area contributed by atoms with Crippen LogP contribution in [-0.4, -0.2) is 35.5 Å². The van der Waals surface area contributed by atoms with Crippen LogP contribution < -0.4 is 0 Å². The van der Waals surface area contributed by atoms with Crippen LogP contribution >= 0.6 is 11.3 Å². The zero-order valence-corrected chi connectivity index (χ0v) is 21.1. The molecule has 2 aliphatic rings. The van der Waals surface area contributed by atoms with Gasteiger partial charge in [0.15, 0.2) is 0 Å². The maximum absolute atomic E-state index is 13.2. The molecule has 0 fully saturated rings. The lowest BCUT2D eigenvalue weighted by atomic mass is 9.79. The van der Waals surface area contributed by atoms with Crippen LogP contribution in [0.2, 0.25) is 0 Å². The lowest BCUT2D eigenvalue weighted by molar-refractivity contribution is -0.385. The van der Waals surface area contributed by atoms with E-state index in [2.05, 4.69) is 0 Å². The lowest BCUT2D eigenvalue weighted by Gasteiger charge is -2.35. The van der Waals surface area contributed by atoms with Gasteiger partial charge >= 0.3 is 11.9 Å². The van der Waals surface area contributed by atoms with Crippen LogP contribution in [0.3, 0.4) is 0 Å². The van der Waals surface area contributed by atoms with E-state index in [-0.39, 0.29) is 18.8 Å². The Morgan fingerprint density at radius 3 is 2.62 bits per heavy atom. The summed E-state index contributed by atoms with van der Waals surface area (Å²) < 4.78 is 10.7. The Morgan fingerprint density at radius 2 is 1.89 bits per heavy atom. The molecule has 1 atom stereocenters. The average Bonchev–Trinajstić information content (AvgIpc) is 3.52. The molecule has 3 heterocycles. The van der Waals surface area contributed by atoms with E-state index in [9.17, 15) is 19.7 Å². The standard InChI is InChI=1S/C28H24N2O6S/c1-17-24(27(31)35-2)25(20-12-13-37-23(20)14-18-8-4-3-5-9-18)26-22(16-36-28(26)32)29(17)15-19-10-6-7-11-21(19)30(33)34/h3-13,25H,14-16H2,1-2H3. The molecule has 2 aliphatic heterocycles. The van der Waals surface area contributed by atoms with Crippen molar-refractivity contribution in [3.63, 3.8) is 0 Å². The van der Waals surface area contributed by atoms with E-state index in [0.29, 0.717) is 34.5 Å². The van der Waals surface area contributed by atoms with Crippen LogP contribution in [0.4, 0.5) is 5.69 Å². The first-order chi connectivity index (χ1) is 17.9. The number of hydrogen-bond acceptors (Lipinski definition) is 8. The van der Waals surface area contributed by atoms with Gasteiger partial charge in [-0.15, -0.1) is 11.3 Å². The predicted octanol–water partition coefficient (Wildman–Crippen LogP) is 5.10. The second kappa shape index (κ2) is 10.0. The van der Waals surface area contributed by atoms with Gasteiger partial charge < -0.3 is 14.4 Å². The molecule has 0 spiro atoms. The van der Waals surface area contributed by atoms with Crippen molar-refractivity contribution >= 4 is 29.0 Å². The summed E-state index contributed by atoms with van der Waals surface area (Å²) in [6, 6.07) is 18.4. The molecule has 0 radical (unpaired) electrons. The second-order valence-corrected chi connectivity index (χ2v) is 9.79. The molecule has 0 amide bonds. The summed E-state index contributed by atoms with van der Waals surface area (Å²) in [6.45, 7) is 1.91. The van der Waals surface area contributed by atoms with Gasteiger partial charge in [0.1, 0.15) is 6.61 Å². The molecule has 188 valence electrons. The minimum absolute atomic E-state index is 0.0231. The number of carbonyl (C=O) groups excluding carboxylic acids is 2. The van der Waals surface area contributed by atoms with Crippen molar-refractivity contribution in [2.24, 2.45) is 0 Å². The Labute approximate surface area is 217 Å². The summed E-state index contributed by atoms with van der Waals surface area (Å²) in [4.78, 5) is 40.4.